The number of ether oxygens (including phenoxy) is 1. The van der Waals surface area contributed by atoms with Gasteiger partial charge in [0.1, 0.15) is 5.75 Å². The van der Waals surface area contributed by atoms with Gasteiger partial charge < -0.3 is 9.64 Å². The van der Waals surface area contributed by atoms with Crippen LogP contribution >= 0.6 is 15.9 Å². The smallest absolute Gasteiger partial charge is 0.260 e. The minimum atomic E-state index is 0.0801. The Morgan fingerprint density at radius 3 is 2.39 bits per heavy atom. The van der Waals surface area contributed by atoms with E-state index in [1.807, 2.05) is 11.0 Å². The SMILES string of the molecule is C[C@@H]1CCC[C@@H](C)N1C(=O)COc1ccc(C(C)(C)C)cc1Br. The maximum atomic E-state index is 12.5. The van der Waals surface area contributed by atoms with Gasteiger partial charge in [-0.25, -0.2) is 0 Å². The third-order valence-electron chi connectivity index (χ3n) is 4.63. The van der Waals surface area contributed by atoms with E-state index in [0.29, 0.717) is 12.1 Å². The van der Waals surface area contributed by atoms with Gasteiger partial charge in [0.05, 0.1) is 4.47 Å². The molecule has 2 atom stereocenters. The second kappa shape index (κ2) is 7.25. The number of rotatable bonds is 3. The van der Waals surface area contributed by atoms with Crippen LogP contribution in [0.15, 0.2) is 22.7 Å². The van der Waals surface area contributed by atoms with Crippen LogP contribution in [-0.4, -0.2) is 29.5 Å². The Morgan fingerprint density at radius 1 is 1.26 bits per heavy atom. The van der Waals surface area contributed by atoms with Gasteiger partial charge in [-0.3, -0.25) is 4.79 Å². The van der Waals surface area contributed by atoms with Crippen molar-refractivity contribution in [3.63, 3.8) is 0 Å². The van der Waals surface area contributed by atoms with Crippen LogP contribution in [0.1, 0.15) is 59.4 Å². The summed E-state index contributed by atoms with van der Waals surface area (Å²) in [6.07, 6.45) is 3.37. The summed E-state index contributed by atoms with van der Waals surface area (Å²) in [5.41, 5.74) is 1.33. The molecule has 23 heavy (non-hydrogen) atoms. The van der Waals surface area contributed by atoms with Gasteiger partial charge in [0.25, 0.3) is 5.91 Å². The van der Waals surface area contributed by atoms with Gasteiger partial charge in [0.2, 0.25) is 0 Å². The summed E-state index contributed by atoms with van der Waals surface area (Å²) in [5.74, 6) is 0.806. The lowest BCUT2D eigenvalue weighted by atomic mass is 9.87. The fraction of sp³-hybridized carbons (Fsp3) is 0.632. The van der Waals surface area contributed by atoms with Crippen LogP contribution in [0, 0.1) is 0 Å². The number of carbonyl (C=O) groups is 1. The first-order valence-electron chi connectivity index (χ1n) is 8.44. The summed E-state index contributed by atoms with van der Waals surface area (Å²) in [5, 5.41) is 0. The molecule has 0 saturated carbocycles. The van der Waals surface area contributed by atoms with Crippen molar-refractivity contribution < 1.29 is 9.53 Å². The van der Waals surface area contributed by atoms with Gasteiger partial charge >= 0.3 is 0 Å². The van der Waals surface area contributed by atoms with Crippen LogP contribution in [0.25, 0.3) is 0 Å². The molecule has 1 aromatic rings. The second-order valence-electron chi connectivity index (χ2n) is 7.61. The number of halogens is 1. The molecule has 4 heteroatoms. The summed E-state index contributed by atoms with van der Waals surface area (Å²) in [7, 11) is 0. The molecule has 0 aromatic heterocycles. The van der Waals surface area contributed by atoms with Crippen LogP contribution < -0.4 is 4.74 Å². The molecule has 0 unspecified atom stereocenters. The quantitative estimate of drug-likeness (QED) is 0.743. The highest BCUT2D eigenvalue weighted by Crippen LogP contribution is 2.31. The topological polar surface area (TPSA) is 29.5 Å². The first-order valence-corrected chi connectivity index (χ1v) is 9.23. The highest BCUT2D eigenvalue weighted by atomic mass is 79.9. The molecular formula is C19H28BrNO2. The molecule has 0 N–H and O–H groups in total. The molecule has 0 bridgehead atoms. The predicted molar refractivity (Wildman–Crippen MR) is 98.0 cm³/mol. The molecule has 3 nitrogen and oxygen atoms in total. The zero-order chi connectivity index (χ0) is 17.2. The summed E-state index contributed by atoms with van der Waals surface area (Å²) in [6.45, 7) is 10.9. The summed E-state index contributed by atoms with van der Waals surface area (Å²) >= 11 is 3.56. The van der Waals surface area contributed by atoms with Gasteiger partial charge in [0, 0.05) is 12.1 Å². The van der Waals surface area contributed by atoms with Gasteiger partial charge in [-0.2, -0.15) is 0 Å². The number of nitrogens with zero attached hydrogens (tertiary/aromatic N) is 1. The normalized spacial score (nSPS) is 22.1. The molecule has 0 spiro atoms. The minimum Gasteiger partial charge on any atom is -0.483 e. The molecule has 1 amide bonds. The van der Waals surface area contributed by atoms with E-state index in [-0.39, 0.29) is 17.9 Å². The molecule has 2 rings (SSSR count). The van der Waals surface area contributed by atoms with E-state index in [9.17, 15) is 4.79 Å². The van der Waals surface area contributed by atoms with Gasteiger partial charge in [-0.05, 0) is 72.2 Å². The predicted octanol–water partition coefficient (Wildman–Crippen LogP) is 4.91. The van der Waals surface area contributed by atoms with E-state index in [0.717, 1.165) is 23.1 Å². The van der Waals surface area contributed by atoms with Crippen molar-refractivity contribution in [2.45, 2.75) is 71.4 Å². The molecule has 0 aliphatic carbocycles. The fourth-order valence-corrected chi connectivity index (χ4v) is 3.70. The number of amides is 1. The van der Waals surface area contributed by atoms with Gasteiger partial charge in [-0.1, -0.05) is 26.8 Å². The summed E-state index contributed by atoms with van der Waals surface area (Å²) in [6, 6.07) is 6.70. The summed E-state index contributed by atoms with van der Waals surface area (Å²) in [4.78, 5) is 14.5. The second-order valence-corrected chi connectivity index (χ2v) is 8.47. The molecule has 1 fully saturated rings. The number of piperidine rings is 1. The van der Waals surface area contributed by atoms with Crippen molar-refractivity contribution in [3.8, 4) is 5.75 Å². The van der Waals surface area contributed by atoms with E-state index in [1.165, 1.54) is 12.0 Å². The average Bonchev–Trinajstić information content (AvgIpc) is 2.44. The van der Waals surface area contributed by atoms with E-state index in [4.69, 9.17) is 4.74 Å². The third kappa shape index (κ3) is 4.50. The van der Waals surface area contributed by atoms with Gasteiger partial charge in [0.15, 0.2) is 6.61 Å². The van der Waals surface area contributed by atoms with Crippen LogP contribution in [0.2, 0.25) is 0 Å². The molecular weight excluding hydrogens is 354 g/mol. The molecule has 1 aromatic carbocycles. The van der Waals surface area contributed by atoms with Crippen molar-refractivity contribution >= 4 is 21.8 Å². The highest BCUT2D eigenvalue weighted by molar-refractivity contribution is 9.10. The van der Waals surface area contributed by atoms with Crippen molar-refractivity contribution in [1.29, 1.82) is 0 Å². The monoisotopic (exact) mass is 381 g/mol. The Hall–Kier alpha value is -1.03. The highest BCUT2D eigenvalue weighted by Gasteiger charge is 2.29. The zero-order valence-corrected chi connectivity index (χ0v) is 16.4. The van der Waals surface area contributed by atoms with Gasteiger partial charge in [-0.15, -0.1) is 0 Å². The molecule has 0 radical (unpaired) electrons. The third-order valence-corrected chi connectivity index (χ3v) is 5.25. The van der Waals surface area contributed by atoms with Crippen molar-refractivity contribution in [2.75, 3.05) is 6.61 Å². The lowest BCUT2D eigenvalue weighted by Gasteiger charge is -2.39. The number of carbonyl (C=O) groups excluding carboxylic acids is 1. The van der Waals surface area contributed by atoms with E-state index >= 15 is 0 Å². The molecule has 1 heterocycles. The lowest BCUT2D eigenvalue weighted by Crippen LogP contribution is -2.49. The Labute approximate surface area is 148 Å². The Balaban J connectivity index is 2.02. The van der Waals surface area contributed by atoms with Crippen LogP contribution in [0.5, 0.6) is 5.75 Å². The first-order chi connectivity index (χ1) is 10.7. The van der Waals surface area contributed by atoms with E-state index in [2.05, 4.69) is 62.7 Å². The van der Waals surface area contributed by atoms with E-state index in [1.54, 1.807) is 0 Å². The molecule has 1 saturated heterocycles. The van der Waals surface area contributed by atoms with Crippen molar-refractivity contribution in [3.05, 3.63) is 28.2 Å². The van der Waals surface area contributed by atoms with Crippen molar-refractivity contribution in [2.24, 2.45) is 0 Å². The van der Waals surface area contributed by atoms with Crippen LogP contribution in [0.3, 0.4) is 0 Å². The molecule has 128 valence electrons. The molecule has 1 aliphatic rings. The minimum absolute atomic E-state index is 0.0801. The zero-order valence-electron chi connectivity index (χ0n) is 14.9. The summed E-state index contributed by atoms with van der Waals surface area (Å²) < 4.78 is 6.68. The maximum Gasteiger partial charge on any atom is 0.260 e. The number of hydrogen-bond acceptors (Lipinski definition) is 2. The lowest BCUT2D eigenvalue weighted by molar-refractivity contribution is -0.139. The van der Waals surface area contributed by atoms with Crippen molar-refractivity contribution in [1.82, 2.24) is 4.90 Å². The number of likely N-dealkylation sites (tertiary alicyclic amines) is 1. The van der Waals surface area contributed by atoms with Crippen LogP contribution in [-0.2, 0) is 10.2 Å². The average molecular weight is 382 g/mol. The van der Waals surface area contributed by atoms with E-state index < -0.39 is 0 Å². The fourth-order valence-electron chi connectivity index (χ4n) is 3.21. The Morgan fingerprint density at radius 2 is 1.87 bits per heavy atom. The Kier molecular flexibility index (Phi) is 5.77. The standard InChI is InChI=1S/C19H28BrNO2/c1-13-7-6-8-14(2)21(13)18(22)12-23-17-10-9-15(11-16(17)20)19(3,4)5/h9-11,13-14H,6-8,12H2,1-5H3/t13-,14-/m1/s1. The Bertz CT molecular complexity index is 555. The maximum absolute atomic E-state index is 12.5. The first kappa shape index (κ1) is 18.3. The molecule has 1 aliphatic heterocycles. The largest absolute Gasteiger partial charge is 0.483 e. The number of benzene rings is 1. The van der Waals surface area contributed by atoms with Crippen LogP contribution in [0.4, 0.5) is 0 Å². The number of hydrogen-bond donors (Lipinski definition) is 0.